The summed E-state index contributed by atoms with van der Waals surface area (Å²) in [5.74, 6) is -0.364. The number of aromatic amines is 1. The fourth-order valence-corrected chi connectivity index (χ4v) is 4.83. The summed E-state index contributed by atoms with van der Waals surface area (Å²) in [6.07, 6.45) is 0.285. The van der Waals surface area contributed by atoms with E-state index < -0.39 is 10.0 Å². The molecule has 2 aromatic carbocycles. The molecular weight excluding hydrogens is 442 g/mol. The molecule has 31 heavy (non-hydrogen) atoms. The number of amides is 1. The van der Waals surface area contributed by atoms with E-state index in [9.17, 15) is 18.0 Å². The molecule has 0 spiro atoms. The van der Waals surface area contributed by atoms with Gasteiger partial charge < -0.3 is 14.6 Å². The fraction of sp³-hybridized carbons (Fsp3) is 0.238. The quantitative estimate of drug-likeness (QED) is 0.577. The lowest BCUT2D eigenvalue weighted by Crippen LogP contribution is -2.36. The number of ether oxygens (including phenoxy) is 1. The molecule has 1 aromatic heterocycles. The number of hydrogen-bond acceptors (Lipinski definition) is 5. The van der Waals surface area contributed by atoms with E-state index in [0.717, 1.165) is 22.2 Å². The summed E-state index contributed by atoms with van der Waals surface area (Å²) < 4.78 is 28.6. The highest BCUT2D eigenvalue weighted by Gasteiger charge is 2.25. The van der Waals surface area contributed by atoms with Crippen LogP contribution in [0, 0.1) is 0 Å². The van der Waals surface area contributed by atoms with Gasteiger partial charge in [0.25, 0.3) is 0 Å². The van der Waals surface area contributed by atoms with E-state index in [1.54, 1.807) is 30.0 Å². The van der Waals surface area contributed by atoms with Crippen molar-refractivity contribution >= 4 is 44.4 Å². The van der Waals surface area contributed by atoms with E-state index in [0.29, 0.717) is 31.7 Å². The van der Waals surface area contributed by atoms with Crippen molar-refractivity contribution < 1.29 is 22.7 Å². The number of fused-ring (bicyclic) bond motifs is 3. The molecule has 0 radical (unpaired) electrons. The van der Waals surface area contributed by atoms with Crippen molar-refractivity contribution in [3.8, 4) is 0 Å². The van der Waals surface area contributed by atoms with Gasteiger partial charge in [-0.1, -0.05) is 11.6 Å². The minimum Gasteiger partial charge on any atom is -0.450 e. The number of ketones is 1. The number of sulfonamides is 1. The van der Waals surface area contributed by atoms with Gasteiger partial charge in [-0.25, -0.2) is 18.4 Å². The first-order valence-corrected chi connectivity index (χ1v) is 11.5. The molecule has 0 aliphatic carbocycles. The standard InChI is InChI=1S/C21H20ClN3O5S/c1-2-30-21(27)25-8-7-18-15(11-25)14-9-12(4-6-17(14)24-18)20(26)13-3-5-16(22)19(10-13)31(23,28)29/h3-6,9-10,24H,2,7-8,11H2,1H3,(H2,23,28,29). The molecule has 1 aliphatic rings. The second-order valence-electron chi connectivity index (χ2n) is 7.23. The number of halogens is 1. The van der Waals surface area contributed by atoms with Gasteiger partial charge in [0.1, 0.15) is 4.90 Å². The maximum absolute atomic E-state index is 13.1. The molecule has 0 unspecified atom stereocenters. The topological polar surface area (TPSA) is 123 Å². The number of nitrogens with one attached hydrogen (secondary N) is 1. The highest BCUT2D eigenvalue weighted by Crippen LogP contribution is 2.30. The van der Waals surface area contributed by atoms with Crippen molar-refractivity contribution in [2.45, 2.75) is 24.8 Å². The molecular formula is C21H20ClN3O5S. The predicted octanol–water partition coefficient (Wildman–Crippen LogP) is 3.21. The van der Waals surface area contributed by atoms with Crippen LogP contribution in [0.5, 0.6) is 0 Å². The van der Waals surface area contributed by atoms with Crippen molar-refractivity contribution in [2.24, 2.45) is 5.14 Å². The van der Waals surface area contributed by atoms with Crippen LogP contribution in [0.25, 0.3) is 10.9 Å². The summed E-state index contributed by atoms with van der Waals surface area (Å²) in [5, 5.41) is 5.97. The molecule has 3 N–H and O–H groups in total. The summed E-state index contributed by atoms with van der Waals surface area (Å²) >= 11 is 5.92. The number of nitrogens with zero attached hydrogens (tertiary/aromatic N) is 1. The van der Waals surface area contributed by atoms with E-state index in [1.807, 2.05) is 0 Å². The lowest BCUT2D eigenvalue weighted by Gasteiger charge is -2.26. The molecule has 162 valence electrons. The van der Waals surface area contributed by atoms with Crippen LogP contribution in [0.1, 0.15) is 34.1 Å². The van der Waals surface area contributed by atoms with Gasteiger partial charge in [0.05, 0.1) is 18.2 Å². The Kier molecular flexibility index (Phi) is 5.50. The molecule has 1 aliphatic heterocycles. The van der Waals surface area contributed by atoms with Crippen LogP contribution in [0.3, 0.4) is 0 Å². The van der Waals surface area contributed by atoms with Gasteiger partial charge >= 0.3 is 6.09 Å². The second kappa shape index (κ2) is 7.99. The van der Waals surface area contributed by atoms with Gasteiger partial charge in [0.15, 0.2) is 5.78 Å². The Morgan fingerprint density at radius 2 is 1.90 bits per heavy atom. The molecule has 10 heteroatoms. The Morgan fingerprint density at radius 3 is 2.61 bits per heavy atom. The van der Waals surface area contributed by atoms with Gasteiger partial charge in [-0.15, -0.1) is 0 Å². The van der Waals surface area contributed by atoms with Crippen molar-refractivity contribution in [2.75, 3.05) is 13.2 Å². The molecule has 4 rings (SSSR count). The number of H-pyrrole nitrogens is 1. The lowest BCUT2D eigenvalue weighted by atomic mass is 9.99. The first kappa shape index (κ1) is 21.4. The number of carbonyl (C=O) groups is 2. The van der Waals surface area contributed by atoms with Crippen LogP contribution < -0.4 is 5.14 Å². The molecule has 2 heterocycles. The van der Waals surface area contributed by atoms with E-state index in [2.05, 4.69) is 4.98 Å². The normalized spacial score (nSPS) is 13.8. The third-order valence-electron chi connectivity index (χ3n) is 5.26. The Hall–Kier alpha value is -2.88. The number of primary sulfonamides is 1. The lowest BCUT2D eigenvalue weighted by molar-refractivity contribution is 0.102. The highest BCUT2D eigenvalue weighted by molar-refractivity contribution is 7.89. The molecule has 0 saturated heterocycles. The smallest absolute Gasteiger partial charge is 0.410 e. The van der Waals surface area contributed by atoms with Crippen LogP contribution >= 0.6 is 11.6 Å². The highest BCUT2D eigenvalue weighted by atomic mass is 35.5. The zero-order chi connectivity index (χ0) is 22.3. The van der Waals surface area contributed by atoms with Crippen molar-refractivity contribution in [3.05, 3.63) is 63.8 Å². The Labute approximate surface area is 184 Å². The van der Waals surface area contributed by atoms with E-state index in [4.69, 9.17) is 21.5 Å². The van der Waals surface area contributed by atoms with E-state index in [-0.39, 0.29) is 27.4 Å². The molecule has 1 amide bonds. The predicted molar refractivity (Wildman–Crippen MR) is 116 cm³/mol. The summed E-state index contributed by atoms with van der Waals surface area (Å²) in [5.41, 5.74) is 3.35. The SMILES string of the molecule is CCOC(=O)N1CCc2[nH]c3ccc(C(=O)c4ccc(Cl)c(S(N)(=O)=O)c4)cc3c2C1. The van der Waals surface area contributed by atoms with Crippen LogP contribution in [0.15, 0.2) is 41.3 Å². The van der Waals surface area contributed by atoms with Gasteiger partial charge in [-0.2, -0.15) is 0 Å². The van der Waals surface area contributed by atoms with Gasteiger partial charge in [0.2, 0.25) is 10.0 Å². The minimum absolute atomic E-state index is 0.0479. The fourth-order valence-electron chi connectivity index (χ4n) is 3.76. The molecule has 0 fully saturated rings. The number of benzene rings is 2. The summed E-state index contributed by atoms with van der Waals surface area (Å²) in [6.45, 7) is 2.99. The zero-order valence-corrected chi connectivity index (χ0v) is 18.2. The van der Waals surface area contributed by atoms with Crippen LogP contribution in [-0.4, -0.2) is 43.3 Å². The molecule has 0 saturated carbocycles. The molecule has 0 bridgehead atoms. The average molecular weight is 462 g/mol. The number of aromatic nitrogens is 1. The van der Waals surface area contributed by atoms with Crippen LogP contribution in [0.4, 0.5) is 4.79 Å². The van der Waals surface area contributed by atoms with Gasteiger partial charge in [-0.3, -0.25) is 4.79 Å². The summed E-state index contributed by atoms with van der Waals surface area (Å²) in [7, 11) is -4.07. The third kappa shape index (κ3) is 4.04. The number of hydrogen-bond donors (Lipinski definition) is 2. The number of carbonyl (C=O) groups excluding carboxylic acids is 2. The maximum Gasteiger partial charge on any atom is 0.410 e. The van der Waals surface area contributed by atoms with Crippen molar-refractivity contribution in [1.29, 1.82) is 0 Å². The largest absolute Gasteiger partial charge is 0.450 e. The molecule has 0 atom stereocenters. The monoisotopic (exact) mass is 461 g/mol. The van der Waals surface area contributed by atoms with E-state index in [1.165, 1.54) is 18.2 Å². The van der Waals surface area contributed by atoms with Gasteiger partial charge in [-0.05, 0) is 43.3 Å². The average Bonchev–Trinajstić information content (AvgIpc) is 3.10. The number of nitrogens with two attached hydrogens (primary N) is 1. The molecule has 3 aromatic rings. The second-order valence-corrected chi connectivity index (χ2v) is 9.17. The summed E-state index contributed by atoms with van der Waals surface area (Å²) in [4.78, 5) is 29.9. The zero-order valence-electron chi connectivity index (χ0n) is 16.6. The first-order valence-electron chi connectivity index (χ1n) is 9.61. The Balaban J connectivity index is 1.71. The minimum atomic E-state index is -4.07. The van der Waals surface area contributed by atoms with Gasteiger partial charge in [0, 0.05) is 46.3 Å². The third-order valence-corrected chi connectivity index (χ3v) is 6.66. The van der Waals surface area contributed by atoms with Crippen molar-refractivity contribution in [3.63, 3.8) is 0 Å². The van der Waals surface area contributed by atoms with Crippen LogP contribution in [-0.2, 0) is 27.7 Å². The Morgan fingerprint density at radius 1 is 1.19 bits per heavy atom. The van der Waals surface area contributed by atoms with E-state index >= 15 is 0 Å². The molecule has 8 nitrogen and oxygen atoms in total. The van der Waals surface area contributed by atoms with Crippen molar-refractivity contribution in [1.82, 2.24) is 9.88 Å². The number of rotatable bonds is 4. The maximum atomic E-state index is 13.1. The Bertz CT molecular complexity index is 1320. The first-order chi connectivity index (χ1) is 14.7. The summed E-state index contributed by atoms with van der Waals surface area (Å²) in [6, 6.07) is 9.18. The van der Waals surface area contributed by atoms with Crippen LogP contribution in [0.2, 0.25) is 5.02 Å².